The zero-order valence-electron chi connectivity index (χ0n) is 11.7. The number of ether oxygens (including phenoxy) is 1. The number of hydrogen-bond acceptors (Lipinski definition) is 3. The lowest BCUT2D eigenvalue weighted by Crippen LogP contribution is -2.46. The fourth-order valence-electron chi connectivity index (χ4n) is 1.74. The first-order valence-electron chi connectivity index (χ1n) is 6.62. The molecule has 0 heterocycles. The van der Waals surface area contributed by atoms with Crippen molar-refractivity contribution in [3.63, 3.8) is 0 Å². The van der Waals surface area contributed by atoms with Gasteiger partial charge in [-0.2, -0.15) is 0 Å². The highest BCUT2D eigenvalue weighted by atomic mass is 16.5. The first-order valence-corrected chi connectivity index (χ1v) is 6.62. The van der Waals surface area contributed by atoms with E-state index in [-0.39, 0.29) is 12.5 Å². The molecule has 0 unspecified atom stereocenters. The lowest BCUT2D eigenvalue weighted by atomic mass is 9.94. The number of hydrogen-bond donors (Lipinski definition) is 2. The van der Waals surface area contributed by atoms with E-state index in [4.69, 9.17) is 9.84 Å². The van der Waals surface area contributed by atoms with Crippen LogP contribution in [0.3, 0.4) is 0 Å². The minimum atomic E-state index is -0.988. The minimum absolute atomic E-state index is 0.0844. The van der Waals surface area contributed by atoms with E-state index in [1.54, 1.807) is 26.0 Å². The quantitative estimate of drug-likeness (QED) is 0.831. The van der Waals surface area contributed by atoms with Crippen LogP contribution in [0.15, 0.2) is 30.3 Å². The number of benzene rings is 1. The van der Waals surface area contributed by atoms with Crippen molar-refractivity contribution in [1.82, 2.24) is 5.32 Å². The molecule has 1 amide bonds. The zero-order chi connectivity index (χ0) is 14.8. The van der Waals surface area contributed by atoms with Crippen LogP contribution < -0.4 is 10.1 Å². The van der Waals surface area contributed by atoms with E-state index in [0.717, 1.165) is 0 Å². The van der Waals surface area contributed by atoms with Gasteiger partial charge < -0.3 is 15.2 Å². The van der Waals surface area contributed by atoms with Gasteiger partial charge in [0, 0.05) is 19.4 Å². The summed E-state index contributed by atoms with van der Waals surface area (Å²) in [5.74, 6) is -0.528. The molecule has 2 rings (SSSR count). The molecule has 0 radical (unpaired) electrons. The van der Waals surface area contributed by atoms with E-state index in [9.17, 15) is 9.59 Å². The summed E-state index contributed by atoms with van der Waals surface area (Å²) in [5, 5.41) is 11.7. The lowest BCUT2D eigenvalue weighted by molar-refractivity contribution is -0.147. The number of aliphatic carboxylic acids is 1. The van der Waals surface area contributed by atoms with E-state index in [0.29, 0.717) is 18.6 Å². The molecular formula is C15H19NO4. The van der Waals surface area contributed by atoms with Gasteiger partial charge in [0.25, 0.3) is 5.91 Å². The standard InChI is InChI=1S/C15H19NO4/c1-14(2,13(18)19)10-16-12(17)15(8-9-15)20-11-6-4-3-5-7-11/h3-7H,8-10H2,1-2H3,(H,16,17)(H,18,19). The minimum Gasteiger partial charge on any atom is -0.481 e. The van der Waals surface area contributed by atoms with Gasteiger partial charge in [0.1, 0.15) is 5.75 Å². The lowest BCUT2D eigenvalue weighted by Gasteiger charge is -2.22. The summed E-state index contributed by atoms with van der Waals surface area (Å²) in [4.78, 5) is 23.2. The summed E-state index contributed by atoms with van der Waals surface area (Å²) in [6.07, 6.45) is 1.31. The summed E-state index contributed by atoms with van der Waals surface area (Å²) in [6, 6.07) is 9.17. The van der Waals surface area contributed by atoms with Gasteiger partial charge in [0.2, 0.25) is 0 Å². The molecule has 1 aromatic rings. The number of carbonyl (C=O) groups excluding carboxylic acids is 1. The Morgan fingerprint density at radius 1 is 1.30 bits per heavy atom. The zero-order valence-corrected chi connectivity index (χ0v) is 11.7. The fourth-order valence-corrected chi connectivity index (χ4v) is 1.74. The molecule has 1 aliphatic rings. The number of amides is 1. The highest BCUT2D eigenvalue weighted by Crippen LogP contribution is 2.40. The van der Waals surface area contributed by atoms with Crippen molar-refractivity contribution in [1.29, 1.82) is 0 Å². The Hall–Kier alpha value is -2.04. The molecule has 20 heavy (non-hydrogen) atoms. The Morgan fingerprint density at radius 3 is 2.40 bits per heavy atom. The Balaban J connectivity index is 1.94. The number of carboxylic acids is 1. The molecule has 5 nitrogen and oxygen atoms in total. The Morgan fingerprint density at radius 2 is 1.90 bits per heavy atom. The van der Waals surface area contributed by atoms with Gasteiger partial charge in [-0.3, -0.25) is 9.59 Å². The van der Waals surface area contributed by atoms with Gasteiger partial charge in [-0.05, 0) is 26.0 Å². The molecule has 0 aliphatic heterocycles. The average Bonchev–Trinajstić information content (AvgIpc) is 3.18. The highest BCUT2D eigenvalue weighted by molar-refractivity contribution is 5.89. The van der Waals surface area contributed by atoms with Crippen LogP contribution in [-0.2, 0) is 9.59 Å². The predicted octanol–water partition coefficient (Wildman–Crippen LogP) is 1.82. The van der Waals surface area contributed by atoms with Gasteiger partial charge >= 0.3 is 5.97 Å². The molecule has 0 aromatic heterocycles. The Kier molecular flexibility index (Phi) is 3.70. The third-order valence-electron chi connectivity index (χ3n) is 3.44. The Bertz CT molecular complexity index is 506. The summed E-state index contributed by atoms with van der Waals surface area (Å²) < 4.78 is 5.74. The van der Waals surface area contributed by atoms with Crippen molar-refractivity contribution < 1.29 is 19.4 Å². The monoisotopic (exact) mass is 277 g/mol. The molecule has 0 bridgehead atoms. The summed E-state index contributed by atoms with van der Waals surface area (Å²) in [5.41, 5.74) is -1.81. The maximum absolute atomic E-state index is 12.2. The largest absolute Gasteiger partial charge is 0.481 e. The average molecular weight is 277 g/mol. The van der Waals surface area contributed by atoms with Crippen LogP contribution in [0.2, 0.25) is 0 Å². The molecule has 108 valence electrons. The topological polar surface area (TPSA) is 75.6 Å². The van der Waals surface area contributed by atoms with Gasteiger partial charge in [-0.25, -0.2) is 0 Å². The molecule has 0 saturated heterocycles. The molecule has 0 spiro atoms. The van der Waals surface area contributed by atoms with Crippen molar-refractivity contribution in [2.75, 3.05) is 6.54 Å². The first-order chi connectivity index (χ1) is 9.36. The molecule has 5 heteroatoms. The van der Waals surface area contributed by atoms with Crippen molar-refractivity contribution >= 4 is 11.9 Å². The van der Waals surface area contributed by atoms with Crippen molar-refractivity contribution in [2.24, 2.45) is 5.41 Å². The van der Waals surface area contributed by atoms with E-state index in [1.165, 1.54) is 0 Å². The van der Waals surface area contributed by atoms with Crippen LogP contribution in [0.1, 0.15) is 26.7 Å². The molecule has 1 fully saturated rings. The third kappa shape index (κ3) is 3.10. The second kappa shape index (κ2) is 5.15. The second-order valence-electron chi connectivity index (χ2n) is 5.78. The maximum Gasteiger partial charge on any atom is 0.310 e. The van der Waals surface area contributed by atoms with Crippen LogP contribution in [0, 0.1) is 5.41 Å². The third-order valence-corrected chi connectivity index (χ3v) is 3.44. The Labute approximate surface area is 117 Å². The smallest absolute Gasteiger partial charge is 0.310 e. The highest BCUT2D eigenvalue weighted by Gasteiger charge is 2.53. The number of nitrogens with one attached hydrogen (secondary N) is 1. The van der Waals surface area contributed by atoms with E-state index < -0.39 is 17.0 Å². The molecule has 1 saturated carbocycles. The number of carbonyl (C=O) groups is 2. The maximum atomic E-state index is 12.2. The molecule has 1 aliphatic carbocycles. The van der Waals surface area contributed by atoms with Gasteiger partial charge in [0.05, 0.1) is 5.41 Å². The SMILES string of the molecule is CC(C)(CNC(=O)C1(Oc2ccccc2)CC1)C(=O)O. The molecule has 1 aromatic carbocycles. The second-order valence-corrected chi connectivity index (χ2v) is 5.78. The first kappa shape index (κ1) is 14.4. The van der Waals surface area contributed by atoms with E-state index in [1.807, 2.05) is 18.2 Å². The van der Waals surface area contributed by atoms with Crippen LogP contribution >= 0.6 is 0 Å². The van der Waals surface area contributed by atoms with E-state index in [2.05, 4.69) is 5.32 Å². The van der Waals surface area contributed by atoms with Crippen LogP contribution in [0.25, 0.3) is 0 Å². The normalized spacial score (nSPS) is 16.3. The molecule has 2 N–H and O–H groups in total. The van der Waals surface area contributed by atoms with Gasteiger partial charge in [-0.1, -0.05) is 18.2 Å². The van der Waals surface area contributed by atoms with Gasteiger partial charge in [-0.15, -0.1) is 0 Å². The number of rotatable bonds is 6. The predicted molar refractivity (Wildman–Crippen MR) is 73.5 cm³/mol. The van der Waals surface area contributed by atoms with Crippen LogP contribution in [0.4, 0.5) is 0 Å². The van der Waals surface area contributed by atoms with Crippen LogP contribution in [0.5, 0.6) is 5.75 Å². The number of para-hydroxylation sites is 1. The van der Waals surface area contributed by atoms with Crippen molar-refractivity contribution in [2.45, 2.75) is 32.3 Å². The summed E-state index contributed by atoms with van der Waals surface area (Å²) in [6.45, 7) is 3.24. The summed E-state index contributed by atoms with van der Waals surface area (Å²) >= 11 is 0. The summed E-state index contributed by atoms with van der Waals surface area (Å²) in [7, 11) is 0. The van der Waals surface area contributed by atoms with E-state index >= 15 is 0 Å². The number of carboxylic acid groups (broad SMARTS) is 1. The van der Waals surface area contributed by atoms with Crippen molar-refractivity contribution in [3.8, 4) is 5.75 Å². The fraction of sp³-hybridized carbons (Fsp3) is 0.467. The van der Waals surface area contributed by atoms with Gasteiger partial charge in [0.15, 0.2) is 5.60 Å². The van der Waals surface area contributed by atoms with Crippen molar-refractivity contribution in [3.05, 3.63) is 30.3 Å². The van der Waals surface area contributed by atoms with Crippen LogP contribution in [-0.4, -0.2) is 29.1 Å². The molecule has 0 atom stereocenters. The molecular weight excluding hydrogens is 258 g/mol.